The van der Waals surface area contributed by atoms with Crippen LogP contribution in [0.1, 0.15) is 34.6 Å². The highest BCUT2D eigenvalue weighted by Crippen LogP contribution is 2.17. The van der Waals surface area contributed by atoms with E-state index in [1.807, 2.05) is 20.8 Å². The second kappa shape index (κ2) is 5.13. The first-order valence-electron chi connectivity index (χ1n) is 3.55. The molecule has 0 fully saturated rings. The average Bonchev–Trinajstić information content (AvgIpc) is 1.59. The first kappa shape index (κ1) is 13.1. The van der Waals surface area contributed by atoms with Crippen molar-refractivity contribution in [2.24, 2.45) is 5.41 Å². The fourth-order valence-corrected chi connectivity index (χ4v) is 0. The van der Waals surface area contributed by atoms with Gasteiger partial charge < -0.3 is 10.2 Å². The van der Waals surface area contributed by atoms with Gasteiger partial charge in [0.15, 0.2) is 0 Å². The predicted octanol–water partition coefficient (Wildman–Crippen LogP) is 1.50. The summed E-state index contributed by atoms with van der Waals surface area (Å²) in [7, 11) is 0. The normalized spacial score (nSPS) is 12.9. The Morgan fingerprint density at radius 1 is 1.36 bits per heavy atom. The maximum absolute atomic E-state index is 9.00. The number of aliphatic hydroxyl groups excluding tert-OH is 1. The number of rotatable bonds is 0. The SMILES string of the molecule is CC(=O)O.CC(O)C(C)(C)C. The molecule has 0 heterocycles. The lowest BCUT2D eigenvalue weighted by atomic mass is 9.91. The Balaban J connectivity index is 0. The molecule has 1 atom stereocenters. The molecule has 2 N–H and O–H groups in total. The first-order chi connectivity index (χ1) is 4.68. The Morgan fingerprint density at radius 2 is 1.45 bits per heavy atom. The molecule has 0 amide bonds. The zero-order valence-corrected chi connectivity index (χ0v) is 7.88. The molecule has 68 valence electrons. The molecule has 0 aromatic rings. The van der Waals surface area contributed by atoms with Crippen molar-refractivity contribution in [3.8, 4) is 0 Å². The molecule has 3 nitrogen and oxygen atoms in total. The van der Waals surface area contributed by atoms with E-state index >= 15 is 0 Å². The number of hydrogen-bond donors (Lipinski definition) is 2. The highest BCUT2D eigenvalue weighted by molar-refractivity contribution is 5.62. The van der Waals surface area contributed by atoms with Crippen LogP contribution in [-0.4, -0.2) is 22.3 Å². The zero-order chi connectivity index (χ0) is 9.65. The molecule has 3 heteroatoms. The van der Waals surface area contributed by atoms with E-state index in [9.17, 15) is 0 Å². The molecule has 11 heavy (non-hydrogen) atoms. The highest BCUT2D eigenvalue weighted by atomic mass is 16.4. The van der Waals surface area contributed by atoms with Crippen molar-refractivity contribution < 1.29 is 15.0 Å². The number of aliphatic carboxylic acids is 1. The summed E-state index contributed by atoms with van der Waals surface area (Å²) in [5.74, 6) is -0.833. The summed E-state index contributed by atoms with van der Waals surface area (Å²) in [6.07, 6.45) is -0.201. The number of carboxylic acids is 1. The number of aliphatic hydroxyl groups is 1. The molecule has 0 saturated carbocycles. The van der Waals surface area contributed by atoms with Gasteiger partial charge in [-0.15, -0.1) is 0 Å². The van der Waals surface area contributed by atoms with E-state index in [1.54, 1.807) is 6.92 Å². The third-order valence-electron chi connectivity index (χ3n) is 1.25. The summed E-state index contributed by atoms with van der Waals surface area (Å²) in [6, 6.07) is 0. The third kappa shape index (κ3) is 17.7. The van der Waals surface area contributed by atoms with Crippen LogP contribution in [0.3, 0.4) is 0 Å². The van der Waals surface area contributed by atoms with Gasteiger partial charge in [-0.1, -0.05) is 20.8 Å². The van der Waals surface area contributed by atoms with Crippen molar-refractivity contribution in [1.29, 1.82) is 0 Å². The number of carboxylic acid groups (broad SMARTS) is 1. The monoisotopic (exact) mass is 162 g/mol. The van der Waals surface area contributed by atoms with Gasteiger partial charge in [0.25, 0.3) is 5.97 Å². The van der Waals surface area contributed by atoms with Crippen molar-refractivity contribution >= 4 is 5.97 Å². The molecule has 0 spiro atoms. The van der Waals surface area contributed by atoms with Gasteiger partial charge in [-0.2, -0.15) is 0 Å². The van der Waals surface area contributed by atoms with E-state index in [-0.39, 0.29) is 11.5 Å². The largest absolute Gasteiger partial charge is 0.481 e. The molecule has 1 unspecified atom stereocenters. The second-order valence-corrected chi connectivity index (χ2v) is 3.56. The van der Waals surface area contributed by atoms with Crippen LogP contribution in [0.25, 0.3) is 0 Å². The highest BCUT2D eigenvalue weighted by Gasteiger charge is 2.15. The van der Waals surface area contributed by atoms with Crippen LogP contribution < -0.4 is 0 Å². The lowest BCUT2D eigenvalue weighted by molar-refractivity contribution is -0.134. The van der Waals surface area contributed by atoms with Crippen LogP contribution in [0, 0.1) is 5.41 Å². The van der Waals surface area contributed by atoms with Crippen molar-refractivity contribution in [1.82, 2.24) is 0 Å². The van der Waals surface area contributed by atoms with E-state index in [2.05, 4.69) is 0 Å². The number of hydrogen-bond acceptors (Lipinski definition) is 2. The van der Waals surface area contributed by atoms with Crippen molar-refractivity contribution in [2.75, 3.05) is 0 Å². The van der Waals surface area contributed by atoms with Gasteiger partial charge >= 0.3 is 0 Å². The van der Waals surface area contributed by atoms with E-state index in [0.29, 0.717) is 0 Å². The van der Waals surface area contributed by atoms with Gasteiger partial charge in [0, 0.05) is 6.92 Å². The predicted molar refractivity (Wildman–Crippen MR) is 44.4 cm³/mol. The standard InChI is InChI=1S/C6H14O.C2H4O2/c1-5(7)6(2,3)4;1-2(3)4/h5,7H,1-4H3;1H3,(H,3,4). The maximum Gasteiger partial charge on any atom is 0.300 e. The van der Waals surface area contributed by atoms with E-state index in [1.165, 1.54) is 0 Å². The Bertz CT molecular complexity index is 107. The van der Waals surface area contributed by atoms with Gasteiger partial charge in [-0.25, -0.2) is 0 Å². The first-order valence-corrected chi connectivity index (χ1v) is 3.55. The molecular formula is C8H18O3. The number of carbonyl (C=O) groups is 1. The maximum atomic E-state index is 9.00. The second-order valence-electron chi connectivity index (χ2n) is 3.56. The summed E-state index contributed by atoms with van der Waals surface area (Å²) in [4.78, 5) is 9.00. The summed E-state index contributed by atoms with van der Waals surface area (Å²) >= 11 is 0. The minimum absolute atomic E-state index is 0.0556. The molecule has 0 bridgehead atoms. The van der Waals surface area contributed by atoms with Gasteiger partial charge in [-0.3, -0.25) is 4.79 Å². The van der Waals surface area contributed by atoms with Crippen LogP contribution in [0.15, 0.2) is 0 Å². The molecule has 0 radical (unpaired) electrons. The molecule has 0 rings (SSSR count). The minimum Gasteiger partial charge on any atom is -0.481 e. The zero-order valence-electron chi connectivity index (χ0n) is 7.88. The van der Waals surface area contributed by atoms with Crippen molar-refractivity contribution in [3.63, 3.8) is 0 Å². The summed E-state index contributed by atoms with van der Waals surface area (Å²) < 4.78 is 0. The van der Waals surface area contributed by atoms with Crippen molar-refractivity contribution in [3.05, 3.63) is 0 Å². The lowest BCUT2D eigenvalue weighted by Gasteiger charge is -2.21. The Hall–Kier alpha value is -0.570. The van der Waals surface area contributed by atoms with Crippen LogP contribution in [0.4, 0.5) is 0 Å². The Labute approximate surface area is 68.0 Å². The Kier molecular flexibility index (Phi) is 6.09. The van der Waals surface area contributed by atoms with Crippen LogP contribution in [-0.2, 0) is 4.79 Å². The molecular weight excluding hydrogens is 144 g/mol. The van der Waals surface area contributed by atoms with Crippen molar-refractivity contribution in [2.45, 2.75) is 40.7 Å². The van der Waals surface area contributed by atoms with E-state index < -0.39 is 5.97 Å². The lowest BCUT2D eigenvalue weighted by Crippen LogP contribution is -2.21. The molecule has 0 aromatic heterocycles. The topological polar surface area (TPSA) is 57.5 Å². The van der Waals surface area contributed by atoms with Gasteiger partial charge in [0.05, 0.1) is 6.10 Å². The van der Waals surface area contributed by atoms with E-state index in [4.69, 9.17) is 15.0 Å². The van der Waals surface area contributed by atoms with Crippen LogP contribution in [0.2, 0.25) is 0 Å². The minimum atomic E-state index is -0.833. The molecule has 0 aliphatic heterocycles. The summed E-state index contributed by atoms with van der Waals surface area (Å²) in [6.45, 7) is 8.92. The van der Waals surface area contributed by atoms with E-state index in [0.717, 1.165) is 6.92 Å². The smallest absolute Gasteiger partial charge is 0.300 e. The molecule has 0 aliphatic carbocycles. The molecule has 0 aromatic carbocycles. The fourth-order valence-electron chi connectivity index (χ4n) is 0. The quantitative estimate of drug-likeness (QED) is 0.567. The summed E-state index contributed by atoms with van der Waals surface area (Å²) in [5.41, 5.74) is 0.0556. The fraction of sp³-hybridized carbons (Fsp3) is 0.875. The van der Waals surface area contributed by atoms with Gasteiger partial charge in [-0.05, 0) is 12.3 Å². The van der Waals surface area contributed by atoms with Crippen LogP contribution >= 0.6 is 0 Å². The molecule has 0 saturated heterocycles. The van der Waals surface area contributed by atoms with Crippen LogP contribution in [0.5, 0.6) is 0 Å². The average molecular weight is 162 g/mol. The summed E-state index contributed by atoms with van der Waals surface area (Å²) in [5, 5.41) is 16.3. The third-order valence-corrected chi connectivity index (χ3v) is 1.25. The van der Waals surface area contributed by atoms with Gasteiger partial charge in [0.1, 0.15) is 0 Å². The van der Waals surface area contributed by atoms with Gasteiger partial charge in [0.2, 0.25) is 0 Å². The molecule has 0 aliphatic rings. The Morgan fingerprint density at radius 3 is 1.45 bits per heavy atom.